The molecular weight excluding hydrogens is 327 g/mol. The minimum atomic E-state index is -0.306. The lowest BCUT2D eigenvalue weighted by atomic mass is 10.2. The van der Waals surface area contributed by atoms with E-state index in [1.165, 1.54) is 25.2 Å². The minimum absolute atomic E-state index is 0.306. The van der Waals surface area contributed by atoms with Gasteiger partial charge in [0.25, 0.3) is 0 Å². The van der Waals surface area contributed by atoms with Crippen LogP contribution in [0.3, 0.4) is 0 Å². The molecule has 0 bridgehead atoms. The summed E-state index contributed by atoms with van der Waals surface area (Å²) in [6.45, 7) is 5.03. The van der Waals surface area contributed by atoms with Crippen LogP contribution in [0.5, 0.6) is 5.75 Å². The standard InChI is InChI=1S/C22H17FN2O/c1-3-20(9-4-16(2)23)26-21-10-7-19(8-11-21)25-13-12-18-6-5-17(15-24)14-22(18)25/h3-14H,1H2,2H3/b16-4+,20-9+. The van der Waals surface area contributed by atoms with Crippen molar-refractivity contribution < 1.29 is 9.13 Å². The molecule has 3 nitrogen and oxygen atoms in total. The summed E-state index contributed by atoms with van der Waals surface area (Å²) in [7, 11) is 0. The lowest BCUT2D eigenvalue weighted by Crippen LogP contribution is -1.94. The predicted octanol–water partition coefficient (Wildman–Crippen LogP) is 5.82. The van der Waals surface area contributed by atoms with Crippen LogP contribution < -0.4 is 4.74 Å². The van der Waals surface area contributed by atoms with Crippen LogP contribution in [-0.4, -0.2) is 4.57 Å². The highest BCUT2D eigenvalue weighted by molar-refractivity contribution is 5.83. The molecule has 128 valence electrons. The zero-order valence-corrected chi connectivity index (χ0v) is 14.3. The summed E-state index contributed by atoms with van der Waals surface area (Å²) in [4.78, 5) is 0. The van der Waals surface area contributed by atoms with E-state index in [2.05, 4.69) is 12.6 Å². The van der Waals surface area contributed by atoms with Crippen molar-refractivity contribution in [1.82, 2.24) is 4.57 Å². The molecule has 0 spiro atoms. The highest BCUT2D eigenvalue weighted by atomic mass is 19.1. The van der Waals surface area contributed by atoms with Crippen molar-refractivity contribution in [3.63, 3.8) is 0 Å². The van der Waals surface area contributed by atoms with Crippen molar-refractivity contribution in [1.29, 1.82) is 5.26 Å². The number of benzene rings is 2. The van der Waals surface area contributed by atoms with E-state index in [4.69, 9.17) is 10.00 Å². The van der Waals surface area contributed by atoms with E-state index in [1.54, 1.807) is 6.07 Å². The van der Waals surface area contributed by atoms with E-state index in [9.17, 15) is 4.39 Å². The Morgan fingerprint density at radius 3 is 2.58 bits per heavy atom. The van der Waals surface area contributed by atoms with Crippen molar-refractivity contribution in [2.75, 3.05) is 0 Å². The predicted molar refractivity (Wildman–Crippen MR) is 102 cm³/mol. The molecule has 0 aliphatic rings. The molecule has 0 N–H and O–H groups in total. The normalized spacial score (nSPS) is 12.0. The Morgan fingerprint density at radius 1 is 1.15 bits per heavy atom. The van der Waals surface area contributed by atoms with Gasteiger partial charge in [-0.05, 0) is 67.6 Å². The van der Waals surface area contributed by atoms with E-state index in [-0.39, 0.29) is 5.83 Å². The maximum absolute atomic E-state index is 12.8. The van der Waals surface area contributed by atoms with Gasteiger partial charge in [-0.2, -0.15) is 5.26 Å². The first kappa shape index (κ1) is 17.2. The van der Waals surface area contributed by atoms with Gasteiger partial charge in [0.2, 0.25) is 0 Å². The summed E-state index contributed by atoms with van der Waals surface area (Å²) in [5.74, 6) is 0.776. The number of fused-ring (bicyclic) bond motifs is 1. The second-order valence-corrected chi connectivity index (χ2v) is 5.69. The molecule has 0 fully saturated rings. The monoisotopic (exact) mass is 344 g/mol. The van der Waals surface area contributed by atoms with Crippen LogP contribution in [0, 0.1) is 11.3 Å². The summed E-state index contributed by atoms with van der Waals surface area (Å²) < 4.78 is 20.5. The summed E-state index contributed by atoms with van der Waals surface area (Å²) in [6.07, 6.45) is 6.34. The van der Waals surface area contributed by atoms with Crippen molar-refractivity contribution in [3.8, 4) is 17.5 Å². The van der Waals surface area contributed by atoms with Crippen molar-refractivity contribution in [3.05, 3.63) is 96.7 Å². The van der Waals surface area contributed by atoms with E-state index < -0.39 is 0 Å². The molecule has 0 aliphatic heterocycles. The summed E-state index contributed by atoms with van der Waals surface area (Å²) in [6, 6.07) is 17.3. The first-order chi connectivity index (χ1) is 12.6. The lowest BCUT2D eigenvalue weighted by Gasteiger charge is -2.09. The van der Waals surface area contributed by atoms with Gasteiger partial charge in [0.1, 0.15) is 11.5 Å². The molecule has 0 amide bonds. The highest BCUT2D eigenvalue weighted by Crippen LogP contribution is 2.24. The molecule has 26 heavy (non-hydrogen) atoms. The number of rotatable bonds is 5. The fraction of sp³-hybridized carbons (Fsp3) is 0.0455. The number of hydrogen-bond acceptors (Lipinski definition) is 2. The third kappa shape index (κ3) is 3.73. The first-order valence-electron chi connectivity index (χ1n) is 8.07. The second kappa shape index (κ2) is 7.54. The van der Waals surface area contributed by atoms with E-state index >= 15 is 0 Å². The maximum atomic E-state index is 12.8. The molecule has 0 radical (unpaired) electrons. The average molecular weight is 344 g/mol. The summed E-state index contributed by atoms with van der Waals surface area (Å²) in [5, 5.41) is 10.2. The molecule has 0 atom stereocenters. The smallest absolute Gasteiger partial charge is 0.127 e. The maximum Gasteiger partial charge on any atom is 0.127 e. The number of hydrogen-bond donors (Lipinski definition) is 0. The van der Waals surface area contributed by atoms with Crippen LogP contribution >= 0.6 is 0 Å². The topological polar surface area (TPSA) is 38.0 Å². The number of allylic oxidation sites excluding steroid dienone is 4. The molecule has 3 rings (SSSR count). The van der Waals surface area contributed by atoms with Crippen molar-refractivity contribution >= 4 is 10.9 Å². The Labute approximate surface area is 151 Å². The molecule has 4 heteroatoms. The van der Waals surface area contributed by atoms with Crippen LogP contribution in [0.15, 0.2) is 91.1 Å². The largest absolute Gasteiger partial charge is 0.457 e. The van der Waals surface area contributed by atoms with Gasteiger partial charge >= 0.3 is 0 Å². The summed E-state index contributed by atoms with van der Waals surface area (Å²) >= 11 is 0. The average Bonchev–Trinajstić information content (AvgIpc) is 3.08. The number of ether oxygens (including phenoxy) is 1. The minimum Gasteiger partial charge on any atom is -0.457 e. The zero-order chi connectivity index (χ0) is 18.5. The molecule has 1 heterocycles. The van der Waals surface area contributed by atoms with Gasteiger partial charge in [-0.15, -0.1) is 0 Å². The Morgan fingerprint density at radius 2 is 1.92 bits per heavy atom. The SMILES string of the molecule is C=C/C(=C\C=C(/C)F)Oc1ccc(-n2ccc3ccc(C#N)cc32)cc1. The van der Waals surface area contributed by atoms with Gasteiger partial charge < -0.3 is 9.30 Å². The fourth-order valence-electron chi connectivity index (χ4n) is 2.57. The Balaban J connectivity index is 1.88. The molecule has 0 unspecified atom stereocenters. The van der Waals surface area contributed by atoms with Crippen LogP contribution in [-0.2, 0) is 0 Å². The van der Waals surface area contributed by atoms with Crippen LogP contribution in [0.2, 0.25) is 0 Å². The molecule has 0 saturated carbocycles. The van der Waals surface area contributed by atoms with Gasteiger partial charge in [-0.1, -0.05) is 12.6 Å². The number of nitrogens with zero attached hydrogens (tertiary/aromatic N) is 2. The van der Waals surface area contributed by atoms with Crippen LogP contribution in [0.25, 0.3) is 16.6 Å². The van der Waals surface area contributed by atoms with Gasteiger partial charge in [0.05, 0.1) is 23.0 Å². The molecule has 0 saturated heterocycles. The van der Waals surface area contributed by atoms with Crippen LogP contribution in [0.1, 0.15) is 12.5 Å². The Bertz CT molecular complexity index is 1050. The number of nitriles is 1. The molecule has 2 aromatic carbocycles. The van der Waals surface area contributed by atoms with Crippen molar-refractivity contribution in [2.45, 2.75) is 6.92 Å². The van der Waals surface area contributed by atoms with Gasteiger partial charge in [0.15, 0.2) is 0 Å². The molecule has 1 aromatic heterocycles. The first-order valence-corrected chi connectivity index (χ1v) is 8.07. The lowest BCUT2D eigenvalue weighted by molar-refractivity contribution is 0.444. The van der Waals surface area contributed by atoms with Gasteiger partial charge in [0, 0.05) is 17.3 Å². The summed E-state index contributed by atoms with van der Waals surface area (Å²) in [5.41, 5.74) is 2.54. The molecule has 0 aliphatic carbocycles. The van der Waals surface area contributed by atoms with E-state index in [0.29, 0.717) is 17.1 Å². The Hall–Kier alpha value is -3.58. The number of halogens is 1. The number of aromatic nitrogens is 1. The third-order valence-corrected chi connectivity index (χ3v) is 3.85. The van der Waals surface area contributed by atoms with Crippen LogP contribution in [0.4, 0.5) is 4.39 Å². The van der Waals surface area contributed by atoms with Gasteiger partial charge in [-0.3, -0.25) is 0 Å². The zero-order valence-electron chi connectivity index (χ0n) is 14.3. The van der Waals surface area contributed by atoms with E-state index in [0.717, 1.165) is 16.6 Å². The Kier molecular flexibility index (Phi) is 5.00. The quantitative estimate of drug-likeness (QED) is 0.432. The fourth-order valence-corrected chi connectivity index (χ4v) is 2.57. The third-order valence-electron chi connectivity index (χ3n) is 3.85. The highest BCUT2D eigenvalue weighted by Gasteiger charge is 2.05. The van der Waals surface area contributed by atoms with Gasteiger partial charge in [-0.25, -0.2) is 4.39 Å². The second-order valence-electron chi connectivity index (χ2n) is 5.69. The van der Waals surface area contributed by atoms with Crippen molar-refractivity contribution in [2.24, 2.45) is 0 Å². The molecular formula is C22H17FN2O. The molecule has 3 aromatic rings. The van der Waals surface area contributed by atoms with E-state index in [1.807, 2.05) is 53.2 Å².